The number of ether oxygens (including phenoxy) is 1. The topological polar surface area (TPSA) is 79.3 Å². The predicted molar refractivity (Wildman–Crippen MR) is 123 cm³/mol. The Morgan fingerprint density at radius 2 is 2.00 bits per heavy atom. The Kier molecular flexibility index (Phi) is 5.30. The summed E-state index contributed by atoms with van der Waals surface area (Å²) in [6, 6.07) is 11.4. The number of fused-ring (bicyclic) bond motifs is 2. The van der Waals surface area contributed by atoms with Crippen molar-refractivity contribution in [2.45, 2.75) is 19.3 Å². The first kappa shape index (κ1) is 19.6. The van der Waals surface area contributed by atoms with Gasteiger partial charge in [-0.2, -0.15) is 0 Å². The molecule has 0 unspecified atom stereocenters. The first-order valence-electron chi connectivity index (χ1n) is 10.7. The first-order chi connectivity index (χ1) is 15.2. The largest absolute Gasteiger partial charge is 0.504 e. The summed E-state index contributed by atoms with van der Waals surface area (Å²) in [5.74, 6) is 1.87. The number of aromatic hydroxyl groups is 1. The van der Waals surface area contributed by atoms with E-state index in [0.717, 1.165) is 36.3 Å². The van der Waals surface area contributed by atoms with Crippen LogP contribution in [0.25, 0.3) is 28.8 Å². The van der Waals surface area contributed by atoms with Gasteiger partial charge in [0, 0.05) is 11.6 Å². The number of rotatable bonds is 5. The molecular weight excluding hydrogens is 390 g/mol. The molecule has 1 fully saturated rings. The smallest absolute Gasteiger partial charge is 0.172 e. The summed E-state index contributed by atoms with van der Waals surface area (Å²) in [4.78, 5) is 0. The molecule has 3 heterocycles. The minimum Gasteiger partial charge on any atom is -0.504 e. The number of hydrogen-bond acceptors (Lipinski definition) is 6. The summed E-state index contributed by atoms with van der Waals surface area (Å²) in [7, 11) is 1.65. The van der Waals surface area contributed by atoms with Gasteiger partial charge in [-0.05, 0) is 56.5 Å². The van der Waals surface area contributed by atoms with Gasteiger partial charge >= 0.3 is 0 Å². The van der Waals surface area contributed by atoms with Crippen LogP contribution in [-0.2, 0) is 0 Å². The molecule has 0 bridgehead atoms. The van der Waals surface area contributed by atoms with Gasteiger partial charge in [-0.3, -0.25) is 0 Å². The minimum atomic E-state index is 0.0951. The molecule has 2 N–H and O–H groups in total. The monoisotopic (exact) mass is 415 g/mol. The van der Waals surface area contributed by atoms with E-state index in [9.17, 15) is 5.11 Å². The number of methoxy groups -OCH3 is 1. The Hall–Kier alpha value is -3.38. The fraction of sp³-hybridized carbons (Fsp3) is 0.280. The highest BCUT2D eigenvalue weighted by Gasteiger charge is 2.20. The van der Waals surface area contributed by atoms with Gasteiger partial charge in [0.2, 0.25) is 0 Å². The molecule has 2 aromatic carbocycles. The lowest BCUT2D eigenvalue weighted by atomic mass is 9.94. The second-order valence-electron chi connectivity index (χ2n) is 7.95. The average Bonchev–Trinajstić information content (AvgIpc) is 3.36. The number of benzene rings is 2. The van der Waals surface area contributed by atoms with Crippen molar-refractivity contribution in [3.8, 4) is 11.5 Å². The van der Waals surface area contributed by atoms with Crippen molar-refractivity contribution in [2.24, 2.45) is 16.1 Å². The molecule has 3 aromatic rings. The molecular formula is C25H25N3O3. The van der Waals surface area contributed by atoms with Crippen molar-refractivity contribution >= 4 is 34.5 Å². The highest BCUT2D eigenvalue weighted by molar-refractivity contribution is 5.97. The molecule has 31 heavy (non-hydrogen) atoms. The quantitative estimate of drug-likeness (QED) is 0.524. The van der Waals surface area contributed by atoms with E-state index in [-0.39, 0.29) is 5.75 Å². The Labute approximate surface area is 180 Å². The molecule has 0 amide bonds. The Morgan fingerprint density at radius 1 is 1.16 bits per heavy atom. The highest BCUT2D eigenvalue weighted by atomic mass is 16.5. The lowest BCUT2D eigenvalue weighted by molar-refractivity contribution is 0.378. The van der Waals surface area contributed by atoms with Crippen molar-refractivity contribution in [1.82, 2.24) is 5.32 Å². The number of furan rings is 1. The van der Waals surface area contributed by atoms with E-state index >= 15 is 0 Å². The molecule has 5 rings (SSSR count). The Balaban J connectivity index is 1.51. The van der Waals surface area contributed by atoms with E-state index < -0.39 is 0 Å². The van der Waals surface area contributed by atoms with Gasteiger partial charge in [-0.15, -0.1) is 10.2 Å². The van der Waals surface area contributed by atoms with Crippen LogP contribution in [-0.4, -0.2) is 25.3 Å². The zero-order chi connectivity index (χ0) is 21.2. The molecule has 2 aliphatic rings. The molecule has 6 nitrogen and oxygen atoms in total. The van der Waals surface area contributed by atoms with Gasteiger partial charge in [0.15, 0.2) is 11.5 Å². The number of nitrogens with zero attached hydrogens (tertiary/aromatic N) is 2. The second-order valence-corrected chi connectivity index (χ2v) is 7.95. The highest BCUT2D eigenvalue weighted by Crippen LogP contribution is 2.42. The van der Waals surface area contributed by atoms with E-state index in [1.807, 2.05) is 42.5 Å². The van der Waals surface area contributed by atoms with Crippen molar-refractivity contribution in [1.29, 1.82) is 0 Å². The maximum Gasteiger partial charge on any atom is 0.172 e. The number of nitrogens with one attached hydrogen (secondary N) is 1. The van der Waals surface area contributed by atoms with E-state index in [1.54, 1.807) is 13.2 Å². The van der Waals surface area contributed by atoms with Crippen LogP contribution >= 0.6 is 0 Å². The first-order valence-corrected chi connectivity index (χ1v) is 10.7. The van der Waals surface area contributed by atoms with E-state index in [4.69, 9.17) is 9.15 Å². The van der Waals surface area contributed by atoms with Crippen molar-refractivity contribution in [3.05, 3.63) is 59.4 Å². The van der Waals surface area contributed by atoms with Crippen molar-refractivity contribution in [3.63, 3.8) is 0 Å². The molecule has 158 valence electrons. The summed E-state index contributed by atoms with van der Waals surface area (Å²) >= 11 is 0. The Bertz CT molecular complexity index is 1200. The maximum atomic E-state index is 10.8. The zero-order valence-corrected chi connectivity index (χ0v) is 17.5. The van der Waals surface area contributed by atoms with Crippen LogP contribution in [0.5, 0.6) is 11.5 Å². The average molecular weight is 415 g/mol. The standard InChI is InChI=1S/C25H25N3O3/c1-30-22-10-9-19-24(29)23(15-21-17-6-2-3-8-20(17)27-28-21)31-25(19)18(22)7-4-5-16-11-13-26-14-12-16/h2-4,6-10,15-16,26,29H,5,11-14H2,1H3. The van der Waals surface area contributed by atoms with Crippen LogP contribution in [0.2, 0.25) is 0 Å². The molecule has 1 aromatic heterocycles. The molecule has 0 spiro atoms. The maximum absolute atomic E-state index is 10.8. The fourth-order valence-electron chi connectivity index (χ4n) is 4.27. The Morgan fingerprint density at radius 3 is 2.84 bits per heavy atom. The van der Waals surface area contributed by atoms with Gasteiger partial charge < -0.3 is 19.6 Å². The van der Waals surface area contributed by atoms with Crippen LogP contribution < -0.4 is 10.1 Å². The lowest BCUT2D eigenvalue weighted by Gasteiger charge is -2.20. The van der Waals surface area contributed by atoms with Crippen molar-refractivity contribution in [2.75, 3.05) is 20.2 Å². The van der Waals surface area contributed by atoms with Crippen molar-refractivity contribution < 1.29 is 14.3 Å². The SMILES string of the molecule is COc1ccc2c(O)c(C=C3N=Nc4ccccc43)oc2c1C=CCC1CCNCC1. The molecule has 0 aliphatic carbocycles. The number of azo groups is 1. The fourth-order valence-corrected chi connectivity index (χ4v) is 4.27. The molecule has 2 aliphatic heterocycles. The number of hydrogen-bond donors (Lipinski definition) is 2. The summed E-state index contributed by atoms with van der Waals surface area (Å²) in [5.41, 5.74) is 3.84. The van der Waals surface area contributed by atoms with Gasteiger partial charge in [0.1, 0.15) is 11.3 Å². The van der Waals surface area contributed by atoms with Gasteiger partial charge in [-0.1, -0.05) is 30.4 Å². The summed E-state index contributed by atoms with van der Waals surface area (Å²) in [6.45, 7) is 2.17. The summed E-state index contributed by atoms with van der Waals surface area (Å²) in [6.07, 6.45) is 9.38. The van der Waals surface area contributed by atoms with Crippen LogP contribution in [0, 0.1) is 5.92 Å². The minimum absolute atomic E-state index is 0.0951. The van der Waals surface area contributed by atoms with Crippen LogP contribution in [0.3, 0.4) is 0 Å². The lowest BCUT2D eigenvalue weighted by Crippen LogP contribution is -2.27. The normalized spacial score (nSPS) is 17.8. The van der Waals surface area contributed by atoms with Crippen LogP contribution in [0.1, 0.15) is 36.1 Å². The summed E-state index contributed by atoms with van der Waals surface area (Å²) < 4.78 is 11.7. The van der Waals surface area contributed by atoms with Gasteiger partial charge in [0.25, 0.3) is 0 Å². The predicted octanol–water partition coefficient (Wildman–Crippen LogP) is 6.15. The number of allylic oxidation sites excluding steroid dienone is 1. The van der Waals surface area contributed by atoms with E-state index in [2.05, 4.69) is 21.6 Å². The van der Waals surface area contributed by atoms with Crippen LogP contribution in [0.4, 0.5) is 5.69 Å². The molecule has 0 radical (unpaired) electrons. The van der Waals surface area contributed by atoms with E-state index in [1.165, 1.54) is 12.8 Å². The number of piperidine rings is 1. The third-order valence-corrected chi connectivity index (χ3v) is 6.00. The van der Waals surface area contributed by atoms with Gasteiger partial charge in [-0.25, -0.2) is 0 Å². The molecule has 6 heteroatoms. The van der Waals surface area contributed by atoms with Gasteiger partial charge in [0.05, 0.1) is 29.4 Å². The molecule has 0 atom stereocenters. The summed E-state index contributed by atoms with van der Waals surface area (Å²) in [5, 5.41) is 23.3. The second kappa shape index (κ2) is 8.40. The molecule has 0 saturated carbocycles. The third-order valence-electron chi connectivity index (χ3n) is 6.00. The zero-order valence-electron chi connectivity index (χ0n) is 17.5. The van der Waals surface area contributed by atoms with E-state index in [0.29, 0.717) is 34.1 Å². The third kappa shape index (κ3) is 3.75. The van der Waals surface area contributed by atoms with Crippen LogP contribution in [0.15, 0.2) is 57.1 Å². The molecule has 1 saturated heterocycles.